The van der Waals surface area contributed by atoms with Gasteiger partial charge >= 0.3 is 0 Å². The summed E-state index contributed by atoms with van der Waals surface area (Å²) >= 11 is 0. The number of nitrogens with zero attached hydrogens (tertiary/aromatic N) is 1. The van der Waals surface area contributed by atoms with Gasteiger partial charge in [-0.1, -0.05) is 36.4 Å². The molecule has 2 N–H and O–H groups in total. The number of benzene rings is 3. The summed E-state index contributed by atoms with van der Waals surface area (Å²) in [6.45, 7) is 2.34. The molecule has 0 aromatic heterocycles. The van der Waals surface area contributed by atoms with Crippen LogP contribution in [-0.2, 0) is 0 Å². The highest BCUT2D eigenvalue weighted by Crippen LogP contribution is 2.39. The normalized spacial score (nSPS) is 18.4. The first-order valence-corrected chi connectivity index (χ1v) is 10.3. The van der Waals surface area contributed by atoms with Crippen LogP contribution in [0.2, 0.25) is 0 Å². The zero-order valence-electron chi connectivity index (χ0n) is 17.5. The van der Waals surface area contributed by atoms with E-state index in [0.717, 1.165) is 28.2 Å². The maximum Gasteiger partial charge on any atom is 0.162 e. The van der Waals surface area contributed by atoms with E-state index in [1.54, 1.807) is 25.3 Å². The molecule has 0 bridgehead atoms. The number of methoxy groups -OCH3 is 1. The summed E-state index contributed by atoms with van der Waals surface area (Å²) in [7, 11) is 1.63. The van der Waals surface area contributed by atoms with Crippen molar-refractivity contribution in [2.75, 3.05) is 13.7 Å². The highest BCUT2D eigenvalue weighted by molar-refractivity contribution is 6.02. The van der Waals surface area contributed by atoms with Crippen LogP contribution in [0.5, 0.6) is 17.2 Å². The van der Waals surface area contributed by atoms with Crippen LogP contribution in [0, 0.1) is 5.82 Å². The molecule has 0 aliphatic carbocycles. The fourth-order valence-electron chi connectivity index (χ4n) is 3.79. The van der Waals surface area contributed by atoms with Crippen LogP contribution in [0.1, 0.15) is 42.2 Å². The number of para-hydroxylation sites is 1. The van der Waals surface area contributed by atoms with E-state index in [-0.39, 0.29) is 17.6 Å². The predicted octanol–water partition coefficient (Wildman–Crippen LogP) is 5.16. The number of halogens is 1. The summed E-state index contributed by atoms with van der Waals surface area (Å²) in [6.07, 6.45) is 0.171. The Bertz CT molecular complexity index is 1080. The van der Waals surface area contributed by atoms with Gasteiger partial charge in [-0.3, -0.25) is 10.3 Å². The molecule has 0 saturated heterocycles. The molecule has 3 aromatic carbocycles. The second-order valence-corrected chi connectivity index (χ2v) is 7.31. The molecule has 0 unspecified atom stereocenters. The third-order valence-corrected chi connectivity index (χ3v) is 5.34. The molecule has 6 heteroatoms. The van der Waals surface area contributed by atoms with Crippen molar-refractivity contribution in [3.8, 4) is 17.2 Å². The number of aliphatic imine (C=N–C) groups is 1. The first-order valence-electron chi connectivity index (χ1n) is 10.3. The van der Waals surface area contributed by atoms with E-state index in [9.17, 15) is 9.50 Å². The van der Waals surface area contributed by atoms with E-state index in [1.165, 1.54) is 12.1 Å². The number of phenols is 1. The van der Waals surface area contributed by atoms with Gasteiger partial charge in [0.15, 0.2) is 11.5 Å². The van der Waals surface area contributed by atoms with Gasteiger partial charge in [0.1, 0.15) is 17.7 Å². The Kier molecular flexibility index (Phi) is 6.18. The first-order chi connectivity index (χ1) is 15.1. The molecule has 0 fully saturated rings. The van der Waals surface area contributed by atoms with E-state index < -0.39 is 6.17 Å². The van der Waals surface area contributed by atoms with E-state index in [4.69, 9.17) is 14.5 Å². The number of hydrogen-bond acceptors (Lipinski definition) is 5. The molecule has 4 rings (SSSR count). The van der Waals surface area contributed by atoms with Crippen LogP contribution < -0.4 is 14.8 Å². The number of hydrogen-bond donors (Lipinski definition) is 2. The minimum Gasteiger partial charge on any atom is -0.504 e. The van der Waals surface area contributed by atoms with Gasteiger partial charge in [0.2, 0.25) is 0 Å². The molecule has 0 amide bonds. The van der Waals surface area contributed by atoms with Crippen LogP contribution in [0.4, 0.5) is 4.39 Å². The molecular weight excluding hydrogens is 395 g/mol. The molecule has 31 heavy (non-hydrogen) atoms. The van der Waals surface area contributed by atoms with Crippen molar-refractivity contribution in [3.63, 3.8) is 0 Å². The molecule has 0 radical (unpaired) electrons. The van der Waals surface area contributed by atoms with Gasteiger partial charge in [-0.2, -0.15) is 0 Å². The molecule has 5 nitrogen and oxygen atoms in total. The smallest absolute Gasteiger partial charge is 0.162 e. The fraction of sp³-hybridized carbons (Fsp3) is 0.240. The van der Waals surface area contributed by atoms with Gasteiger partial charge in [-0.25, -0.2) is 4.39 Å². The molecular formula is C25H25FN2O3. The van der Waals surface area contributed by atoms with Gasteiger partial charge in [-0.05, 0) is 48.4 Å². The summed E-state index contributed by atoms with van der Waals surface area (Å²) in [5.41, 5.74) is 3.39. The van der Waals surface area contributed by atoms with Gasteiger partial charge in [0.05, 0.1) is 13.7 Å². The van der Waals surface area contributed by atoms with Gasteiger partial charge in [-0.15, -0.1) is 0 Å². The second kappa shape index (κ2) is 9.18. The lowest BCUT2D eigenvalue weighted by Crippen LogP contribution is -2.33. The fourth-order valence-corrected chi connectivity index (χ4v) is 3.79. The Labute approximate surface area is 181 Å². The van der Waals surface area contributed by atoms with Crippen molar-refractivity contribution in [2.45, 2.75) is 25.6 Å². The SMILES string of the molecule is CCOc1cccc([C@@H]2CC(c3cccc(OC)c3)=N[C@H](c3ccc(F)cc3)N2)c1O. The van der Waals surface area contributed by atoms with Crippen LogP contribution in [0.25, 0.3) is 0 Å². The van der Waals surface area contributed by atoms with Crippen molar-refractivity contribution >= 4 is 5.71 Å². The van der Waals surface area contributed by atoms with E-state index in [1.807, 2.05) is 43.3 Å². The Balaban J connectivity index is 1.75. The molecule has 1 aliphatic rings. The lowest BCUT2D eigenvalue weighted by molar-refractivity contribution is 0.313. The molecule has 2 atom stereocenters. The average molecular weight is 420 g/mol. The summed E-state index contributed by atoms with van der Waals surface area (Å²) < 4.78 is 24.4. The summed E-state index contributed by atoms with van der Waals surface area (Å²) in [4.78, 5) is 4.91. The van der Waals surface area contributed by atoms with Crippen molar-refractivity contribution in [2.24, 2.45) is 4.99 Å². The van der Waals surface area contributed by atoms with Crippen LogP contribution in [0.15, 0.2) is 71.7 Å². The minimum atomic E-state index is -0.393. The third-order valence-electron chi connectivity index (χ3n) is 5.34. The number of rotatable bonds is 6. The predicted molar refractivity (Wildman–Crippen MR) is 118 cm³/mol. The topological polar surface area (TPSA) is 63.1 Å². The number of aromatic hydroxyl groups is 1. The maximum absolute atomic E-state index is 13.5. The van der Waals surface area contributed by atoms with Crippen molar-refractivity contribution in [3.05, 3.63) is 89.2 Å². The standard InChI is InChI=1S/C25H25FN2O3/c1-3-31-23-9-5-8-20(24(23)29)22-15-21(17-6-4-7-19(14-17)30-2)27-25(28-22)16-10-12-18(26)13-11-16/h4-14,22,25,28-29H,3,15H2,1-2H3/t22-,25-/m0/s1. The van der Waals surface area contributed by atoms with Crippen molar-refractivity contribution < 1.29 is 19.0 Å². The lowest BCUT2D eigenvalue weighted by Gasteiger charge is -2.31. The molecule has 0 spiro atoms. The highest BCUT2D eigenvalue weighted by atomic mass is 19.1. The van der Waals surface area contributed by atoms with E-state index in [0.29, 0.717) is 18.8 Å². The van der Waals surface area contributed by atoms with Crippen molar-refractivity contribution in [1.29, 1.82) is 0 Å². The maximum atomic E-state index is 13.5. The molecule has 1 heterocycles. The van der Waals surface area contributed by atoms with Crippen LogP contribution in [-0.4, -0.2) is 24.5 Å². The van der Waals surface area contributed by atoms with Gasteiger partial charge in [0.25, 0.3) is 0 Å². The summed E-state index contributed by atoms with van der Waals surface area (Å²) in [6, 6.07) is 19.3. The molecule has 0 saturated carbocycles. The van der Waals surface area contributed by atoms with Crippen LogP contribution >= 0.6 is 0 Å². The average Bonchev–Trinajstić information content (AvgIpc) is 2.81. The second-order valence-electron chi connectivity index (χ2n) is 7.31. The summed E-state index contributed by atoms with van der Waals surface area (Å²) in [5, 5.41) is 14.3. The molecule has 1 aliphatic heterocycles. The Morgan fingerprint density at radius 3 is 2.61 bits per heavy atom. The number of ether oxygens (including phenoxy) is 2. The zero-order valence-corrected chi connectivity index (χ0v) is 17.5. The van der Waals surface area contributed by atoms with E-state index >= 15 is 0 Å². The third kappa shape index (κ3) is 4.54. The Hall–Kier alpha value is -3.38. The van der Waals surface area contributed by atoms with Gasteiger partial charge in [0, 0.05) is 23.7 Å². The lowest BCUT2D eigenvalue weighted by atomic mass is 9.93. The molecule has 160 valence electrons. The number of nitrogens with one attached hydrogen (secondary N) is 1. The minimum absolute atomic E-state index is 0.117. The first kappa shape index (κ1) is 20.9. The van der Waals surface area contributed by atoms with Crippen LogP contribution in [0.3, 0.4) is 0 Å². The Morgan fingerprint density at radius 1 is 1.10 bits per heavy atom. The monoisotopic (exact) mass is 420 g/mol. The highest BCUT2D eigenvalue weighted by Gasteiger charge is 2.28. The largest absolute Gasteiger partial charge is 0.504 e. The Morgan fingerprint density at radius 2 is 1.87 bits per heavy atom. The quantitative estimate of drug-likeness (QED) is 0.578. The van der Waals surface area contributed by atoms with Gasteiger partial charge < -0.3 is 14.6 Å². The van der Waals surface area contributed by atoms with E-state index in [2.05, 4.69) is 5.32 Å². The zero-order chi connectivity index (χ0) is 21.8. The number of phenolic OH excluding ortho intramolecular Hbond substituents is 1. The van der Waals surface area contributed by atoms with Crippen molar-refractivity contribution in [1.82, 2.24) is 5.32 Å². The summed E-state index contributed by atoms with van der Waals surface area (Å²) in [5.74, 6) is 1.02. The molecule has 3 aromatic rings.